The molecule has 4 rings (SSSR count). The van der Waals surface area contributed by atoms with Crippen molar-refractivity contribution in [2.24, 2.45) is 0 Å². The monoisotopic (exact) mass is 377 g/mol. The van der Waals surface area contributed by atoms with E-state index in [2.05, 4.69) is 20.4 Å². The Bertz CT molecular complexity index is 1060. The molecule has 0 saturated heterocycles. The minimum absolute atomic E-state index is 0.246. The number of anilines is 1. The normalized spacial score (nSPS) is 10.8. The molecule has 8 nitrogen and oxygen atoms in total. The molecule has 0 aliphatic rings. The molecule has 0 aliphatic carbocycles. The molecule has 0 unspecified atom stereocenters. The summed E-state index contributed by atoms with van der Waals surface area (Å²) >= 11 is 0. The average molecular weight is 377 g/mol. The van der Waals surface area contributed by atoms with E-state index in [1.807, 2.05) is 30.3 Å². The van der Waals surface area contributed by atoms with E-state index < -0.39 is 0 Å². The van der Waals surface area contributed by atoms with Crippen molar-refractivity contribution in [3.05, 3.63) is 66.4 Å². The summed E-state index contributed by atoms with van der Waals surface area (Å²) in [4.78, 5) is 19.7. The summed E-state index contributed by atoms with van der Waals surface area (Å²) < 4.78 is 12.5. The highest BCUT2D eigenvalue weighted by atomic mass is 16.5. The Labute approximate surface area is 161 Å². The second-order valence-corrected chi connectivity index (χ2v) is 6.19. The summed E-state index contributed by atoms with van der Waals surface area (Å²) in [6.07, 6.45) is 3.16. The van der Waals surface area contributed by atoms with Crippen LogP contribution in [0.2, 0.25) is 0 Å². The Hall–Kier alpha value is -3.81. The lowest BCUT2D eigenvalue weighted by Gasteiger charge is -2.06. The van der Waals surface area contributed by atoms with Crippen molar-refractivity contribution >= 4 is 22.5 Å². The molecule has 2 aromatic heterocycles. The number of hydrogen-bond donors (Lipinski definition) is 2. The maximum atomic E-state index is 12.7. The molecule has 2 aromatic carbocycles. The molecule has 2 N–H and O–H groups in total. The summed E-state index contributed by atoms with van der Waals surface area (Å²) in [7, 11) is 3.18. The third kappa shape index (κ3) is 3.39. The number of amides is 1. The highest BCUT2D eigenvalue weighted by molar-refractivity contribution is 6.07. The second kappa shape index (κ2) is 7.43. The van der Waals surface area contributed by atoms with Crippen molar-refractivity contribution < 1.29 is 14.3 Å². The number of nitrogens with zero attached hydrogens (tertiary/aromatic N) is 3. The van der Waals surface area contributed by atoms with Crippen LogP contribution in [0.15, 0.2) is 55.1 Å². The Balaban J connectivity index is 1.53. The minimum atomic E-state index is -0.246. The predicted octanol–water partition coefficient (Wildman–Crippen LogP) is 3.08. The molecule has 2 heterocycles. The maximum absolute atomic E-state index is 12.7. The third-order valence-corrected chi connectivity index (χ3v) is 4.42. The number of benzene rings is 2. The van der Waals surface area contributed by atoms with Crippen LogP contribution < -0.4 is 14.8 Å². The van der Waals surface area contributed by atoms with E-state index in [9.17, 15) is 4.79 Å². The van der Waals surface area contributed by atoms with Crippen molar-refractivity contribution in [3.8, 4) is 11.5 Å². The topological polar surface area (TPSA) is 94.1 Å². The summed E-state index contributed by atoms with van der Waals surface area (Å²) in [6, 6.07) is 13.0. The van der Waals surface area contributed by atoms with Crippen LogP contribution >= 0.6 is 0 Å². The molecule has 0 radical (unpaired) electrons. The molecule has 1 amide bonds. The first-order valence-corrected chi connectivity index (χ1v) is 8.64. The van der Waals surface area contributed by atoms with Gasteiger partial charge in [0, 0.05) is 11.1 Å². The number of H-pyrrole nitrogens is 1. The summed E-state index contributed by atoms with van der Waals surface area (Å²) in [5, 5.41) is 7.76. The Morgan fingerprint density at radius 1 is 1.11 bits per heavy atom. The minimum Gasteiger partial charge on any atom is -0.496 e. The molecular weight excluding hydrogens is 358 g/mol. The van der Waals surface area contributed by atoms with Gasteiger partial charge in [-0.3, -0.25) is 4.79 Å². The molecule has 0 spiro atoms. The lowest BCUT2D eigenvalue weighted by atomic mass is 10.2. The number of ether oxygens (including phenoxy) is 2. The molecule has 0 saturated carbocycles. The van der Waals surface area contributed by atoms with Gasteiger partial charge in [0.25, 0.3) is 5.91 Å². The van der Waals surface area contributed by atoms with Crippen molar-refractivity contribution in [2.75, 3.05) is 19.5 Å². The number of fused-ring (bicyclic) bond motifs is 1. The third-order valence-electron chi connectivity index (χ3n) is 4.42. The first-order valence-electron chi connectivity index (χ1n) is 8.64. The van der Waals surface area contributed by atoms with Crippen LogP contribution in [-0.4, -0.2) is 39.9 Å². The lowest BCUT2D eigenvalue weighted by molar-refractivity contribution is 0.102. The van der Waals surface area contributed by atoms with E-state index in [1.54, 1.807) is 37.4 Å². The van der Waals surface area contributed by atoms with Gasteiger partial charge in [0.1, 0.15) is 29.8 Å². The van der Waals surface area contributed by atoms with E-state index >= 15 is 0 Å². The molecule has 0 fully saturated rings. The highest BCUT2D eigenvalue weighted by Crippen LogP contribution is 2.33. The van der Waals surface area contributed by atoms with E-state index in [1.165, 1.54) is 6.33 Å². The van der Waals surface area contributed by atoms with Crippen molar-refractivity contribution in [1.82, 2.24) is 19.7 Å². The smallest absolute Gasteiger partial charge is 0.272 e. The molecule has 0 aliphatic heterocycles. The zero-order valence-electron chi connectivity index (χ0n) is 15.5. The molecule has 0 bridgehead atoms. The van der Waals surface area contributed by atoms with Gasteiger partial charge < -0.3 is 19.8 Å². The van der Waals surface area contributed by atoms with E-state index in [0.717, 1.165) is 16.5 Å². The standard InChI is InChI=1S/C20H19N5O3/c1-27-17-7-8-18(28-2)19-15(17)9-16(24-19)20(26)23-14-5-3-13(4-6-14)10-25-12-21-11-22-25/h3-9,11-12,24H,10H2,1-2H3,(H,23,26). The SMILES string of the molecule is COc1ccc(OC)c2[nH]c(C(=O)Nc3ccc(Cn4cncn4)cc3)cc12. The van der Waals surface area contributed by atoms with Crippen LogP contribution in [0.5, 0.6) is 11.5 Å². The van der Waals surface area contributed by atoms with Crippen LogP contribution in [0.4, 0.5) is 5.69 Å². The zero-order valence-corrected chi connectivity index (χ0v) is 15.5. The van der Waals surface area contributed by atoms with Gasteiger partial charge in [-0.05, 0) is 35.9 Å². The van der Waals surface area contributed by atoms with Gasteiger partial charge in [0.2, 0.25) is 0 Å². The summed E-state index contributed by atoms with van der Waals surface area (Å²) in [5.41, 5.74) is 2.90. The average Bonchev–Trinajstić information content (AvgIpc) is 3.38. The van der Waals surface area contributed by atoms with Gasteiger partial charge in [-0.2, -0.15) is 5.10 Å². The quantitative estimate of drug-likeness (QED) is 0.539. The number of methoxy groups -OCH3 is 2. The largest absolute Gasteiger partial charge is 0.496 e. The van der Waals surface area contributed by atoms with E-state index in [0.29, 0.717) is 29.4 Å². The fourth-order valence-electron chi connectivity index (χ4n) is 3.03. The van der Waals surface area contributed by atoms with Crippen LogP contribution in [0.1, 0.15) is 16.1 Å². The van der Waals surface area contributed by atoms with E-state index in [4.69, 9.17) is 9.47 Å². The number of aromatic amines is 1. The van der Waals surface area contributed by atoms with Crippen LogP contribution in [0, 0.1) is 0 Å². The first-order chi connectivity index (χ1) is 13.7. The fourth-order valence-corrected chi connectivity index (χ4v) is 3.03. The molecule has 4 aromatic rings. The van der Waals surface area contributed by atoms with Crippen molar-refractivity contribution in [3.63, 3.8) is 0 Å². The summed E-state index contributed by atoms with van der Waals surface area (Å²) in [5.74, 6) is 1.07. The fraction of sp³-hybridized carbons (Fsp3) is 0.150. The number of carbonyl (C=O) groups excluding carboxylic acids is 1. The molecular formula is C20H19N5O3. The van der Waals surface area contributed by atoms with Crippen LogP contribution in [-0.2, 0) is 6.54 Å². The Morgan fingerprint density at radius 3 is 2.54 bits per heavy atom. The van der Waals surface area contributed by atoms with Gasteiger partial charge in [-0.15, -0.1) is 0 Å². The number of carbonyl (C=O) groups is 1. The van der Waals surface area contributed by atoms with Crippen molar-refractivity contribution in [2.45, 2.75) is 6.54 Å². The lowest BCUT2D eigenvalue weighted by Crippen LogP contribution is -2.12. The van der Waals surface area contributed by atoms with E-state index in [-0.39, 0.29) is 5.91 Å². The Kier molecular flexibility index (Phi) is 4.67. The van der Waals surface area contributed by atoms with Crippen LogP contribution in [0.25, 0.3) is 10.9 Å². The first kappa shape index (κ1) is 17.6. The number of nitrogens with one attached hydrogen (secondary N) is 2. The predicted molar refractivity (Wildman–Crippen MR) is 105 cm³/mol. The number of rotatable bonds is 6. The summed E-state index contributed by atoms with van der Waals surface area (Å²) in [6.45, 7) is 0.621. The number of hydrogen-bond acceptors (Lipinski definition) is 5. The zero-order chi connectivity index (χ0) is 19.5. The molecule has 0 atom stereocenters. The Morgan fingerprint density at radius 2 is 1.86 bits per heavy atom. The molecule has 8 heteroatoms. The van der Waals surface area contributed by atoms with Gasteiger partial charge in [-0.1, -0.05) is 12.1 Å². The van der Waals surface area contributed by atoms with Gasteiger partial charge in [-0.25, -0.2) is 9.67 Å². The second-order valence-electron chi connectivity index (χ2n) is 6.19. The molecule has 142 valence electrons. The highest BCUT2D eigenvalue weighted by Gasteiger charge is 2.15. The molecule has 28 heavy (non-hydrogen) atoms. The van der Waals surface area contributed by atoms with Crippen molar-refractivity contribution in [1.29, 1.82) is 0 Å². The number of aromatic nitrogens is 4. The van der Waals surface area contributed by atoms with Crippen LogP contribution in [0.3, 0.4) is 0 Å². The maximum Gasteiger partial charge on any atom is 0.272 e. The van der Waals surface area contributed by atoms with Gasteiger partial charge >= 0.3 is 0 Å². The van der Waals surface area contributed by atoms with Gasteiger partial charge in [0.05, 0.1) is 26.3 Å². The van der Waals surface area contributed by atoms with Gasteiger partial charge in [0.15, 0.2) is 0 Å².